The number of piperazine rings is 1. The molecule has 1 fully saturated rings. The second kappa shape index (κ2) is 8.15. The fourth-order valence-electron chi connectivity index (χ4n) is 2.74. The second-order valence-electron chi connectivity index (χ2n) is 6.44. The Morgan fingerprint density at radius 2 is 1.85 bits per heavy atom. The fourth-order valence-corrected chi connectivity index (χ4v) is 4.21. The van der Waals surface area contributed by atoms with Gasteiger partial charge in [0.15, 0.2) is 0 Å². The van der Waals surface area contributed by atoms with Crippen molar-refractivity contribution in [2.75, 3.05) is 39.8 Å². The summed E-state index contributed by atoms with van der Waals surface area (Å²) in [5.41, 5.74) is 5.90. The molecule has 1 aromatic rings. The SMILES string of the molecule is CC(=O)N1CCN(S(=O)(=O)c2cccc(C(=O)N(C)C(C)CN)c2)CC1. The zero-order chi connectivity index (χ0) is 19.5. The summed E-state index contributed by atoms with van der Waals surface area (Å²) in [6.07, 6.45) is 0. The van der Waals surface area contributed by atoms with Gasteiger partial charge in [0, 0.05) is 58.3 Å². The van der Waals surface area contributed by atoms with Gasteiger partial charge in [-0.25, -0.2) is 8.42 Å². The lowest BCUT2D eigenvalue weighted by molar-refractivity contribution is -0.129. The Kier molecular flexibility index (Phi) is 6.38. The molecular formula is C17H26N4O4S. The summed E-state index contributed by atoms with van der Waals surface area (Å²) in [6.45, 7) is 4.83. The van der Waals surface area contributed by atoms with E-state index in [4.69, 9.17) is 5.73 Å². The van der Waals surface area contributed by atoms with Crippen LogP contribution in [-0.2, 0) is 14.8 Å². The van der Waals surface area contributed by atoms with Gasteiger partial charge in [-0.3, -0.25) is 9.59 Å². The number of sulfonamides is 1. The van der Waals surface area contributed by atoms with Gasteiger partial charge in [-0.1, -0.05) is 6.07 Å². The molecule has 0 spiro atoms. The topological polar surface area (TPSA) is 104 Å². The number of hydrogen-bond acceptors (Lipinski definition) is 5. The second-order valence-corrected chi connectivity index (χ2v) is 8.38. The quantitative estimate of drug-likeness (QED) is 0.769. The van der Waals surface area contributed by atoms with Crippen molar-refractivity contribution in [3.05, 3.63) is 29.8 Å². The normalized spacial score (nSPS) is 17.0. The average molecular weight is 382 g/mol. The molecule has 2 amide bonds. The number of nitrogens with two attached hydrogens (primary N) is 1. The average Bonchev–Trinajstić information content (AvgIpc) is 2.66. The monoisotopic (exact) mass is 382 g/mol. The summed E-state index contributed by atoms with van der Waals surface area (Å²) in [5.74, 6) is -0.340. The van der Waals surface area contributed by atoms with Crippen LogP contribution in [0.25, 0.3) is 0 Å². The predicted octanol–water partition coefficient (Wildman–Crippen LogP) is -0.0414. The molecule has 1 heterocycles. The van der Waals surface area contributed by atoms with Gasteiger partial charge in [0.25, 0.3) is 5.91 Å². The molecule has 2 N–H and O–H groups in total. The molecule has 1 aromatic carbocycles. The fraction of sp³-hybridized carbons (Fsp3) is 0.529. The van der Waals surface area contributed by atoms with E-state index in [0.29, 0.717) is 25.2 Å². The van der Waals surface area contributed by atoms with Crippen LogP contribution in [0, 0.1) is 0 Å². The Hall–Kier alpha value is -1.97. The number of carbonyl (C=O) groups is 2. The first kappa shape index (κ1) is 20.3. The van der Waals surface area contributed by atoms with Crippen molar-refractivity contribution in [1.82, 2.24) is 14.1 Å². The van der Waals surface area contributed by atoms with Gasteiger partial charge in [-0.05, 0) is 25.1 Å². The summed E-state index contributed by atoms with van der Waals surface area (Å²) in [4.78, 5) is 27.1. The summed E-state index contributed by atoms with van der Waals surface area (Å²) in [5, 5.41) is 0. The smallest absolute Gasteiger partial charge is 0.253 e. The minimum absolute atomic E-state index is 0.0632. The van der Waals surface area contributed by atoms with Gasteiger partial charge in [-0.2, -0.15) is 4.31 Å². The minimum Gasteiger partial charge on any atom is -0.340 e. The Labute approximate surface area is 154 Å². The molecule has 0 bridgehead atoms. The molecule has 0 saturated carbocycles. The third kappa shape index (κ3) is 4.22. The Morgan fingerprint density at radius 3 is 2.38 bits per heavy atom. The van der Waals surface area contributed by atoms with Crippen LogP contribution in [0.3, 0.4) is 0 Å². The van der Waals surface area contributed by atoms with E-state index in [1.165, 1.54) is 28.3 Å². The molecule has 8 nitrogen and oxygen atoms in total. The molecular weight excluding hydrogens is 356 g/mol. The first-order chi connectivity index (χ1) is 12.2. The zero-order valence-electron chi connectivity index (χ0n) is 15.4. The molecule has 26 heavy (non-hydrogen) atoms. The molecule has 2 rings (SSSR count). The lowest BCUT2D eigenvalue weighted by atomic mass is 10.2. The van der Waals surface area contributed by atoms with E-state index in [2.05, 4.69) is 0 Å². The van der Waals surface area contributed by atoms with E-state index in [1.807, 2.05) is 6.92 Å². The van der Waals surface area contributed by atoms with Crippen LogP contribution in [0.2, 0.25) is 0 Å². The first-order valence-corrected chi connectivity index (χ1v) is 9.95. The van der Waals surface area contributed by atoms with Crippen molar-refractivity contribution in [2.45, 2.75) is 24.8 Å². The molecule has 9 heteroatoms. The standard InChI is InChI=1S/C17H26N4O4S/c1-13(12-18)19(3)17(23)15-5-4-6-16(11-15)26(24,25)21-9-7-20(8-10-21)14(2)22/h4-6,11,13H,7-10,12,18H2,1-3H3. The third-order valence-electron chi connectivity index (χ3n) is 4.73. The van der Waals surface area contributed by atoms with Gasteiger partial charge in [0.1, 0.15) is 0 Å². The van der Waals surface area contributed by atoms with E-state index in [0.717, 1.165) is 0 Å². The van der Waals surface area contributed by atoms with Crippen LogP contribution in [-0.4, -0.2) is 80.2 Å². The lowest BCUT2D eigenvalue weighted by Crippen LogP contribution is -2.49. The Bertz CT molecular complexity index is 773. The molecule has 1 aliphatic heterocycles. The van der Waals surface area contributed by atoms with Crippen LogP contribution in [0.5, 0.6) is 0 Å². The van der Waals surface area contributed by atoms with E-state index < -0.39 is 10.0 Å². The molecule has 0 aliphatic carbocycles. The van der Waals surface area contributed by atoms with E-state index in [1.54, 1.807) is 24.1 Å². The Morgan fingerprint density at radius 1 is 1.23 bits per heavy atom. The van der Waals surface area contributed by atoms with Crippen LogP contribution >= 0.6 is 0 Å². The number of likely N-dealkylation sites (N-methyl/N-ethyl adjacent to an activating group) is 1. The van der Waals surface area contributed by atoms with Gasteiger partial charge < -0.3 is 15.5 Å². The van der Waals surface area contributed by atoms with Crippen LogP contribution < -0.4 is 5.73 Å². The van der Waals surface area contributed by atoms with E-state index >= 15 is 0 Å². The molecule has 1 saturated heterocycles. The number of carbonyl (C=O) groups excluding carboxylic acids is 2. The van der Waals surface area contributed by atoms with Gasteiger partial charge in [0.2, 0.25) is 15.9 Å². The van der Waals surface area contributed by atoms with Crippen molar-refractivity contribution < 1.29 is 18.0 Å². The summed E-state index contributed by atoms with van der Waals surface area (Å²) < 4.78 is 27.1. The molecule has 1 unspecified atom stereocenters. The van der Waals surface area contributed by atoms with E-state index in [9.17, 15) is 18.0 Å². The highest BCUT2D eigenvalue weighted by atomic mass is 32.2. The van der Waals surface area contributed by atoms with Crippen LogP contribution in [0.4, 0.5) is 0 Å². The molecule has 1 atom stereocenters. The van der Waals surface area contributed by atoms with Crippen molar-refractivity contribution in [3.8, 4) is 0 Å². The lowest BCUT2D eigenvalue weighted by Gasteiger charge is -2.33. The van der Waals surface area contributed by atoms with Crippen LogP contribution in [0.15, 0.2) is 29.2 Å². The molecule has 1 aliphatic rings. The van der Waals surface area contributed by atoms with Gasteiger partial charge in [0.05, 0.1) is 4.90 Å². The van der Waals surface area contributed by atoms with Gasteiger partial charge in [-0.15, -0.1) is 0 Å². The number of benzene rings is 1. The maximum atomic E-state index is 12.9. The number of hydrogen-bond donors (Lipinski definition) is 1. The van der Waals surface area contributed by atoms with Crippen molar-refractivity contribution in [1.29, 1.82) is 0 Å². The number of amides is 2. The summed E-state index contributed by atoms with van der Waals surface area (Å²) in [6, 6.07) is 5.88. The molecule has 0 aromatic heterocycles. The maximum absolute atomic E-state index is 12.9. The molecule has 144 valence electrons. The highest BCUT2D eigenvalue weighted by Crippen LogP contribution is 2.20. The maximum Gasteiger partial charge on any atom is 0.253 e. The van der Waals surface area contributed by atoms with E-state index in [-0.39, 0.29) is 35.8 Å². The molecule has 0 radical (unpaired) electrons. The zero-order valence-corrected chi connectivity index (χ0v) is 16.2. The van der Waals surface area contributed by atoms with Crippen molar-refractivity contribution in [2.24, 2.45) is 5.73 Å². The van der Waals surface area contributed by atoms with Crippen molar-refractivity contribution >= 4 is 21.8 Å². The predicted molar refractivity (Wildman–Crippen MR) is 98.1 cm³/mol. The third-order valence-corrected chi connectivity index (χ3v) is 6.62. The highest BCUT2D eigenvalue weighted by molar-refractivity contribution is 7.89. The Balaban J connectivity index is 2.21. The highest BCUT2D eigenvalue weighted by Gasteiger charge is 2.30. The minimum atomic E-state index is -3.72. The number of nitrogens with zero attached hydrogens (tertiary/aromatic N) is 3. The van der Waals surface area contributed by atoms with Gasteiger partial charge >= 0.3 is 0 Å². The largest absolute Gasteiger partial charge is 0.340 e. The summed E-state index contributed by atoms with van der Waals surface area (Å²) >= 11 is 0. The summed E-state index contributed by atoms with van der Waals surface area (Å²) in [7, 11) is -2.08. The van der Waals surface area contributed by atoms with Crippen molar-refractivity contribution in [3.63, 3.8) is 0 Å². The van der Waals surface area contributed by atoms with Crippen LogP contribution in [0.1, 0.15) is 24.2 Å². The number of rotatable bonds is 5. The first-order valence-electron chi connectivity index (χ1n) is 8.51.